The van der Waals surface area contributed by atoms with Crippen molar-refractivity contribution in [2.45, 2.75) is 627 Å². The molecule has 664 valence electrons. The van der Waals surface area contributed by atoms with Crippen molar-refractivity contribution < 1.29 is 0 Å². The molecule has 0 heterocycles. The van der Waals surface area contributed by atoms with Crippen LogP contribution in [0.4, 0.5) is 0 Å². The van der Waals surface area contributed by atoms with Gasteiger partial charge in [-0.25, -0.2) is 13.1 Å². The van der Waals surface area contributed by atoms with E-state index < -0.39 is 0 Å². The Labute approximate surface area is 722 Å². The average Bonchev–Trinajstić information content (AvgIpc) is 3.81. The summed E-state index contributed by atoms with van der Waals surface area (Å²) in [6.45, 7) is 33.2. The fraction of sp³-hybridized carbons (Fsp3) is 0.962. The first-order chi connectivity index (χ1) is 54.9. The molecule has 0 fully saturated rings. The van der Waals surface area contributed by atoms with E-state index in [1.165, 1.54) is 533 Å². The molecule has 0 radical (unpaired) electrons. The van der Waals surface area contributed by atoms with Crippen LogP contribution in [0.15, 0.2) is 0 Å². The predicted molar refractivity (Wildman–Crippen MR) is 518 cm³/mol. The summed E-state index contributed by atoms with van der Waals surface area (Å²) in [5.74, 6) is 0. The Hall–Kier alpha value is -1.08. The van der Waals surface area contributed by atoms with Crippen LogP contribution in [-0.2, 0) is 0 Å². The molecule has 0 aliphatic heterocycles. The van der Waals surface area contributed by atoms with Gasteiger partial charge in [-0.2, -0.15) is 10.5 Å². The average molecular weight is 1690 g/mol. The third-order valence-corrected chi connectivity index (χ3v) is 23.3. The first-order valence-electron chi connectivity index (χ1n) is 51.4. The van der Waals surface area contributed by atoms with E-state index in [2.05, 4.69) is 96.9 Å². The first kappa shape index (κ1) is 123. The normalized spacial score (nSPS) is 10.5. The van der Waals surface area contributed by atoms with Crippen LogP contribution in [-0.4, -0.2) is 23.7 Å². The van der Waals surface area contributed by atoms with Crippen molar-refractivity contribution >= 4 is 31.9 Å². The Bertz CT molecular complexity index is 1510. The van der Waals surface area contributed by atoms with Crippen molar-refractivity contribution in [3.05, 3.63) is 22.8 Å². The van der Waals surface area contributed by atoms with E-state index in [1.54, 1.807) is 0 Å². The highest BCUT2D eigenvalue weighted by molar-refractivity contribution is 9.09. The predicted octanol–water partition coefficient (Wildman–Crippen LogP) is 41.5. The van der Waals surface area contributed by atoms with Gasteiger partial charge in [-0.05, 0) is 25.7 Å². The quantitative estimate of drug-likeness (QED) is 0.0346. The Morgan fingerprint density at radius 2 is 0.252 bits per heavy atom. The highest BCUT2D eigenvalue weighted by atomic mass is 79.9. The molecular weight excluding hydrogens is 1480 g/mol. The molecule has 0 N–H and O–H groups in total. The lowest BCUT2D eigenvalue weighted by atomic mass is 10.0. The summed E-state index contributed by atoms with van der Waals surface area (Å²) in [5.41, 5.74) is 0. The van der Waals surface area contributed by atoms with Crippen molar-refractivity contribution in [1.82, 2.24) is 0 Å². The molecule has 0 aromatic carbocycles. The zero-order valence-electron chi connectivity index (χ0n) is 78.3. The fourth-order valence-corrected chi connectivity index (χ4v) is 15.1. The number of rotatable bonds is 86. The van der Waals surface area contributed by atoms with Gasteiger partial charge in [-0.15, -0.1) is 0 Å². The van der Waals surface area contributed by atoms with Gasteiger partial charge in [0.05, 0.1) is 12.1 Å². The summed E-state index contributed by atoms with van der Waals surface area (Å²) in [7, 11) is 0. The maximum atomic E-state index is 7.93. The summed E-state index contributed by atoms with van der Waals surface area (Å²) in [6, 6.07) is 4.08. The second-order valence-corrected chi connectivity index (χ2v) is 35.5. The number of halogens is 2. The molecule has 0 aliphatic carbocycles. The number of hydrogen-bond donors (Lipinski definition) is 0. The Morgan fingerprint density at radius 1 is 0.162 bits per heavy atom. The van der Waals surface area contributed by atoms with Gasteiger partial charge in [0.15, 0.2) is 0 Å². The molecule has 0 bridgehead atoms. The van der Waals surface area contributed by atoms with Gasteiger partial charge in [-0.3, -0.25) is 0 Å². The third-order valence-electron chi connectivity index (χ3n) is 22.2. The number of alkyl halides is 2. The second-order valence-electron chi connectivity index (χ2n) is 33.9. The molecule has 0 rings (SSSR count). The van der Waals surface area contributed by atoms with Crippen LogP contribution in [0.5, 0.6) is 0 Å². The van der Waals surface area contributed by atoms with Crippen LogP contribution in [0.1, 0.15) is 627 Å². The van der Waals surface area contributed by atoms with E-state index in [0.717, 1.165) is 49.4 Å². The molecule has 0 saturated carbocycles. The summed E-state index contributed by atoms with van der Waals surface area (Å²) in [6.07, 6.45) is 126. The van der Waals surface area contributed by atoms with Crippen LogP contribution in [0.3, 0.4) is 0 Å². The van der Waals surface area contributed by atoms with E-state index in [4.69, 9.17) is 23.7 Å². The van der Waals surface area contributed by atoms with Crippen molar-refractivity contribution in [2.24, 2.45) is 0 Å². The van der Waals surface area contributed by atoms with Crippen LogP contribution in [0.2, 0.25) is 0 Å². The third kappa shape index (κ3) is 157. The molecule has 0 atom stereocenters. The van der Waals surface area contributed by atoms with E-state index in [-0.39, 0.29) is 0 Å². The molecule has 0 amide bonds. The van der Waals surface area contributed by atoms with Crippen LogP contribution in [0.25, 0.3) is 9.69 Å². The summed E-state index contributed by atoms with van der Waals surface area (Å²) < 4.78 is 0. The monoisotopic (exact) mass is 1690 g/mol. The van der Waals surface area contributed by atoms with Gasteiger partial charge >= 0.3 is 0 Å². The Morgan fingerprint density at radius 3 is 0.315 bits per heavy atom. The van der Waals surface area contributed by atoms with Gasteiger partial charge in [-0.1, -0.05) is 607 Å². The molecular formula is C105H210Br2N4. The summed E-state index contributed by atoms with van der Waals surface area (Å²) in [4.78, 5) is 6.78. The second kappa shape index (κ2) is 138. The molecule has 0 aliphatic rings. The number of hydrogen-bond acceptors (Lipinski definition) is 2. The maximum Gasteiger partial charge on any atom is 0.214 e. The van der Waals surface area contributed by atoms with Crippen LogP contribution >= 0.6 is 31.9 Å². The van der Waals surface area contributed by atoms with E-state index in [1.807, 2.05) is 12.1 Å². The van der Waals surface area contributed by atoms with Crippen molar-refractivity contribution in [3.8, 4) is 12.1 Å². The van der Waals surface area contributed by atoms with Crippen LogP contribution in [0, 0.1) is 35.8 Å². The van der Waals surface area contributed by atoms with Crippen molar-refractivity contribution in [3.63, 3.8) is 0 Å². The summed E-state index contributed by atoms with van der Waals surface area (Å²) in [5, 5.41) is 17.7. The smallest absolute Gasteiger partial charge is 0.214 e. The number of nitrogens with zero attached hydrogens (tertiary/aromatic N) is 4. The lowest BCUT2D eigenvalue weighted by molar-refractivity contribution is 0.523. The van der Waals surface area contributed by atoms with Gasteiger partial charge in [0, 0.05) is 36.3 Å². The molecule has 0 spiro atoms. The largest absolute Gasteiger partial charge is 0.317 e. The van der Waals surface area contributed by atoms with E-state index in [9.17, 15) is 0 Å². The maximum absolute atomic E-state index is 7.93. The van der Waals surface area contributed by atoms with Crippen LogP contribution < -0.4 is 0 Å². The minimum absolute atomic E-state index is 0.672. The van der Waals surface area contributed by atoms with Gasteiger partial charge < -0.3 is 9.69 Å². The standard InChI is InChI=1S/C22H43N.C22H46.2C18H38.C17H33N.2C4H6BrN/c1-3-4-5-6-7-8-9-10-11-12-13-14-15-16-17-18-19-20-21-22-23-2;1-3-5-7-9-11-13-15-17-19-21-22-20-18-16-14-12-10-8-6-4-2;2*1-3-5-7-9-11-13-15-17-18-16-14-12-10-8-6-4-2;1-3-4-5-6-7-8-9-10-11-12-13-14-15-16-17-18-2;2*5-3-1-2-4-6/h3-22H2,1H3;3-22H2,1-2H3;2*3-18H2,1-2H3;3-17H2,1H3;2*1-3H2. The number of unbranched alkanes of at least 4 members (excludes halogenated alkanes) is 82. The Balaban J connectivity index is -0.000000235. The highest BCUT2D eigenvalue weighted by Gasteiger charge is 2.01. The van der Waals surface area contributed by atoms with Crippen molar-refractivity contribution in [2.75, 3.05) is 23.7 Å². The molecule has 4 nitrogen and oxygen atoms in total. The number of nitriles is 2. The minimum atomic E-state index is 0.672. The Kier molecular flexibility index (Phi) is 153. The zero-order chi connectivity index (χ0) is 82.6. The molecule has 111 heavy (non-hydrogen) atoms. The molecule has 6 heteroatoms. The summed E-state index contributed by atoms with van der Waals surface area (Å²) >= 11 is 6.40. The lowest BCUT2D eigenvalue weighted by Crippen LogP contribution is -1.84. The first-order valence-corrected chi connectivity index (χ1v) is 53.7. The molecule has 0 aromatic rings. The minimum Gasteiger partial charge on any atom is -0.317 e. The van der Waals surface area contributed by atoms with Crippen molar-refractivity contribution in [1.29, 1.82) is 10.5 Å². The van der Waals surface area contributed by atoms with Gasteiger partial charge in [0.1, 0.15) is 0 Å². The SMILES string of the molecule is CCCCCCCCCCCCCCCCCC.CCCCCCCCCCCCCCCCCC.CCCCCCCCCCCCCCCCCCCCCC.N#CCCCBr.N#CCCCBr.[C-]#[N+]CCCCCCCCCCCCCCCC.[C-]#[N+]CCCCCCCCCCCCCCCCCCCCC. The lowest BCUT2D eigenvalue weighted by Gasteiger charge is -2.03. The van der Waals surface area contributed by atoms with E-state index >= 15 is 0 Å². The zero-order valence-corrected chi connectivity index (χ0v) is 81.5. The highest BCUT2D eigenvalue weighted by Crippen LogP contribution is 2.21. The molecule has 0 saturated heterocycles. The fourth-order valence-electron chi connectivity index (χ4n) is 14.5. The van der Waals surface area contributed by atoms with Gasteiger partial charge in [0.2, 0.25) is 13.1 Å². The van der Waals surface area contributed by atoms with E-state index in [0.29, 0.717) is 12.8 Å². The molecule has 0 unspecified atom stereocenters. The molecule has 0 aromatic heterocycles. The van der Waals surface area contributed by atoms with Gasteiger partial charge in [0.25, 0.3) is 0 Å². The topological polar surface area (TPSA) is 56.3 Å².